The van der Waals surface area contributed by atoms with E-state index < -0.39 is 0 Å². The number of ether oxygens (including phenoxy) is 1. The van der Waals surface area contributed by atoms with E-state index in [1.54, 1.807) is 13.8 Å². The summed E-state index contributed by atoms with van der Waals surface area (Å²) in [6.45, 7) is 4.42. The molecule has 1 N–H and O–H groups in total. The van der Waals surface area contributed by atoms with Gasteiger partial charge in [-0.3, -0.25) is 14.5 Å². The fourth-order valence-electron chi connectivity index (χ4n) is 1.51. The van der Waals surface area contributed by atoms with Crippen LogP contribution in [0.25, 0.3) is 0 Å². The van der Waals surface area contributed by atoms with Gasteiger partial charge in [0, 0.05) is 24.3 Å². The highest BCUT2D eigenvalue weighted by Gasteiger charge is 2.32. The van der Waals surface area contributed by atoms with Gasteiger partial charge in [-0.1, -0.05) is 0 Å². The Balaban J connectivity index is 2.35. The maximum atomic E-state index is 11.6. The van der Waals surface area contributed by atoms with Crippen LogP contribution in [-0.4, -0.2) is 48.2 Å². The van der Waals surface area contributed by atoms with Crippen LogP contribution in [-0.2, 0) is 14.3 Å². The van der Waals surface area contributed by atoms with Crippen LogP contribution in [0.4, 0.5) is 0 Å². The minimum Gasteiger partial charge on any atom is -0.394 e. The molecule has 1 heterocycles. The van der Waals surface area contributed by atoms with E-state index >= 15 is 0 Å². The van der Waals surface area contributed by atoms with Crippen molar-refractivity contribution in [3.05, 3.63) is 11.1 Å². The van der Waals surface area contributed by atoms with E-state index in [2.05, 4.69) is 0 Å². The molecule has 0 radical (unpaired) electrons. The van der Waals surface area contributed by atoms with Crippen LogP contribution in [0.5, 0.6) is 0 Å². The summed E-state index contributed by atoms with van der Waals surface area (Å²) in [5.41, 5.74) is 1.06. The number of amides is 2. The molecule has 0 spiro atoms. The summed E-state index contributed by atoms with van der Waals surface area (Å²) >= 11 is 0. The first-order valence-corrected chi connectivity index (χ1v) is 5.32. The Kier molecular flexibility index (Phi) is 4.64. The lowest BCUT2D eigenvalue weighted by atomic mass is 10.2. The number of aliphatic hydroxyl groups is 1. The third kappa shape index (κ3) is 2.68. The maximum Gasteiger partial charge on any atom is 0.256 e. The number of nitrogens with zero attached hydrogens (tertiary/aromatic N) is 1. The van der Waals surface area contributed by atoms with Gasteiger partial charge in [0.05, 0.1) is 13.2 Å². The van der Waals surface area contributed by atoms with Gasteiger partial charge in [0.1, 0.15) is 0 Å². The lowest BCUT2D eigenvalue weighted by Gasteiger charge is -2.14. The summed E-state index contributed by atoms with van der Waals surface area (Å²) in [7, 11) is 0. The molecule has 1 aliphatic rings. The molecule has 0 aliphatic carbocycles. The molecule has 0 aromatic heterocycles. The lowest BCUT2D eigenvalue weighted by molar-refractivity contribution is -0.137. The molecule has 0 saturated carbocycles. The Morgan fingerprint density at radius 2 is 1.69 bits per heavy atom. The quantitative estimate of drug-likeness (QED) is 0.516. The number of hydrogen-bond donors (Lipinski definition) is 1. The Hall–Kier alpha value is -1.20. The summed E-state index contributed by atoms with van der Waals surface area (Å²) in [6.07, 6.45) is 0.595. The molecule has 5 nitrogen and oxygen atoms in total. The van der Waals surface area contributed by atoms with Crippen molar-refractivity contribution in [2.45, 2.75) is 20.3 Å². The highest BCUT2D eigenvalue weighted by atomic mass is 16.5. The minimum atomic E-state index is -0.204. The van der Waals surface area contributed by atoms with Crippen molar-refractivity contribution in [2.75, 3.05) is 26.4 Å². The predicted molar refractivity (Wildman–Crippen MR) is 57.6 cm³/mol. The van der Waals surface area contributed by atoms with Crippen LogP contribution >= 0.6 is 0 Å². The topological polar surface area (TPSA) is 66.8 Å². The fraction of sp³-hybridized carbons (Fsp3) is 0.636. The maximum absolute atomic E-state index is 11.6. The van der Waals surface area contributed by atoms with Crippen molar-refractivity contribution >= 4 is 11.8 Å². The van der Waals surface area contributed by atoms with Crippen LogP contribution < -0.4 is 0 Å². The Labute approximate surface area is 94.7 Å². The van der Waals surface area contributed by atoms with Crippen molar-refractivity contribution in [3.8, 4) is 0 Å². The summed E-state index contributed by atoms with van der Waals surface area (Å²) in [6, 6.07) is 0. The van der Waals surface area contributed by atoms with Gasteiger partial charge in [0.15, 0.2) is 0 Å². The van der Waals surface area contributed by atoms with E-state index in [9.17, 15) is 9.59 Å². The van der Waals surface area contributed by atoms with Gasteiger partial charge in [-0.2, -0.15) is 0 Å². The number of rotatable bonds is 6. The number of hydrogen-bond acceptors (Lipinski definition) is 4. The molecule has 0 saturated heterocycles. The van der Waals surface area contributed by atoms with Crippen LogP contribution in [0.1, 0.15) is 20.3 Å². The van der Waals surface area contributed by atoms with E-state index in [1.807, 2.05) is 0 Å². The monoisotopic (exact) mass is 227 g/mol. The average molecular weight is 227 g/mol. The molecular formula is C11H17NO4. The lowest BCUT2D eigenvalue weighted by Crippen LogP contribution is -2.33. The van der Waals surface area contributed by atoms with E-state index in [-0.39, 0.29) is 25.0 Å². The molecule has 1 aliphatic heterocycles. The third-order valence-corrected chi connectivity index (χ3v) is 2.60. The average Bonchev–Trinajstić information content (AvgIpc) is 2.46. The van der Waals surface area contributed by atoms with Gasteiger partial charge in [-0.05, 0) is 20.3 Å². The van der Waals surface area contributed by atoms with E-state index in [0.717, 1.165) is 0 Å². The summed E-state index contributed by atoms with van der Waals surface area (Å²) in [5.74, 6) is -0.408. The fourth-order valence-corrected chi connectivity index (χ4v) is 1.51. The van der Waals surface area contributed by atoms with E-state index in [1.165, 1.54) is 4.90 Å². The standard InChI is InChI=1S/C11H17NO4/c1-8-9(2)11(15)12(10(8)14)4-3-6-16-7-5-13/h13H,3-7H2,1-2H3. The highest BCUT2D eigenvalue weighted by molar-refractivity contribution is 6.18. The van der Waals surface area contributed by atoms with Gasteiger partial charge >= 0.3 is 0 Å². The molecule has 1 rings (SSSR count). The van der Waals surface area contributed by atoms with Crippen LogP contribution in [0.3, 0.4) is 0 Å². The van der Waals surface area contributed by atoms with Gasteiger partial charge in [0.2, 0.25) is 0 Å². The molecule has 2 amide bonds. The van der Waals surface area contributed by atoms with Crippen molar-refractivity contribution in [2.24, 2.45) is 0 Å². The van der Waals surface area contributed by atoms with Crippen LogP contribution in [0, 0.1) is 0 Å². The molecule has 0 aromatic rings. The number of aliphatic hydroxyl groups excluding tert-OH is 1. The summed E-state index contributed by atoms with van der Waals surface area (Å²) in [4.78, 5) is 24.5. The molecule has 0 atom stereocenters. The summed E-state index contributed by atoms with van der Waals surface area (Å²) < 4.78 is 5.05. The second kappa shape index (κ2) is 5.77. The van der Waals surface area contributed by atoms with Crippen LogP contribution in [0.2, 0.25) is 0 Å². The Morgan fingerprint density at radius 1 is 1.12 bits per heavy atom. The molecule has 0 fully saturated rings. The van der Waals surface area contributed by atoms with Crippen molar-refractivity contribution in [3.63, 3.8) is 0 Å². The SMILES string of the molecule is CC1=C(C)C(=O)N(CCCOCCO)C1=O. The highest BCUT2D eigenvalue weighted by Crippen LogP contribution is 2.19. The van der Waals surface area contributed by atoms with E-state index in [4.69, 9.17) is 9.84 Å². The van der Waals surface area contributed by atoms with Crippen LogP contribution in [0.15, 0.2) is 11.1 Å². The largest absolute Gasteiger partial charge is 0.394 e. The zero-order valence-electron chi connectivity index (χ0n) is 9.65. The second-order valence-corrected chi connectivity index (χ2v) is 3.70. The van der Waals surface area contributed by atoms with E-state index in [0.29, 0.717) is 30.7 Å². The van der Waals surface area contributed by atoms with Crippen molar-refractivity contribution < 1.29 is 19.4 Å². The third-order valence-electron chi connectivity index (χ3n) is 2.60. The molecule has 16 heavy (non-hydrogen) atoms. The minimum absolute atomic E-state index is 0.0126. The van der Waals surface area contributed by atoms with Gasteiger partial charge in [0.25, 0.3) is 11.8 Å². The first-order valence-electron chi connectivity index (χ1n) is 5.32. The van der Waals surface area contributed by atoms with Gasteiger partial charge in [-0.15, -0.1) is 0 Å². The van der Waals surface area contributed by atoms with Crippen molar-refractivity contribution in [1.29, 1.82) is 0 Å². The van der Waals surface area contributed by atoms with Crippen molar-refractivity contribution in [1.82, 2.24) is 4.90 Å². The second-order valence-electron chi connectivity index (χ2n) is 3.70. The summed E-state index contributed by atoms with van der Waals surface area (Å²) in [5, 5.41) is 8.48. The Morgan fingerprint density at radius 3 is 2.19 bits per heavy atom. The first kappa shape index (κ1) is 12.9. The zero-order chi connectivity index (χ0) is 12.1. The number of imide groups is 1. The molecule has 5 heteroatoms. The van der Waals surface area contributed by atoms with Gasteiger partial charge in [-0.25, -0.2) is 0 Å². The number of carbonyl (C=O) groups excluding carboxylic acids is 2. The molecule has 0 bridgehead atoms. The molecule has 0 aromatic carbocycles. The zero-order valence-corrected chi connectivity index (χ0v) is 9.65. The smallest absolute Gasteiger partial charge is 0.256 e. The normalized spacial score (nSPS) is 16.6. The molecule has 0 unspecified atom stereocenters. The van der Waals surface area contributed by atoms with Gasteiger partial charge < -0.3 is 9.84 Å². The number of carbonyl (C=O) groups is 2. The molecule has 90 valence electrons. The first-order chi connectivity index (χ1) is 7.59. The predicted octanol–water partition coefficient (Wildman–Crippen LogP) is 0.0906. The Bertz CT molecular complexity index is 298. The molecular weight excluding hydrogens is 210 g/mol.